The first kappa shape index (κ1) is 11.6. The van der Waals surface area contributed by atoms with Gasteiger partial charge in [-0.05, 0) is 56.4 Å². The Balaban J connectivity index is 2.34. The van der Waals surface area contributed by atoms with E-state index in [1.165, 1.54) is 24.0 Å². The molecule has 0 aliphatic heterocycles. The molecular formula is C15H22O. The van der Waals surface area contributed by atoms with E-state index in [4.69, 9.17) is 0 Å². The zero-order chi connectivity index (χ0) is 11.9. The Morgan fingerprint density at radius 3 is 2.75 bits per heavy atom. The van der Waals surface area contributed by atoms with Crippen LogP contribution in [0.4, 0.5) is 0 Å². The molecule has 0 N–H and O–H groups in total. The predicted molar refractivity (Wildman–Crippen MR) is 67.2 cm³/mol. The first-order chi connectivity index (χ1) is 7.44. The van der Waals surface area contributed by atoms with E-state index < -0.39 is 0 Å². The molecule has 0 spiro atoms. The van der Waals surface area contributed by atoms with Crippen molar-refractivity contribution in [3.63, 3.8) is 0 Å². The van der Waals surface area contributed by atoms with Crippen LogP contribution in [-0.2, 0) is 4.79 Å². The van der Waals surface area contributed by atoms with Gasteiger partial charge in [-0.15, -0.1) is 0 Å². The summed E-state index contributed by atoms with van der Waals surface area (Å²) in [7, 11) is 0. The summed E-state index contributed by atoms with van der Waals surface area (Å²) in [5, 5.41) is 0. The molecule has 0 saturated heterocycles. The highest BCUT2D eigenvalue weighted by Crippen LogP contribution is 2.51. The quantitative estimate of drug-likeness (QED) is 0.607. The highest BCUT2D eigenvalue weighted by molar-refractivity contribution is 5.96. The lowest BCUT2D eigenvalue weighted by atomic mass is 9.61. The summed E-state index contributed by atoms with van der Waals surface area (Å²) in [6.45, 7) is 10.6. The van der Waals surface area contributed by atoms with E-state index in [1.807, 2.05) is 6.92 Å². The van der Waals surface area contributed by atoms with E-state index in [-0.39, 0.29) is 0 Å². The highest BCUT2D eigenvalue weighted by Gasteiger charge is 2.40. The topological polar surface area (TPSA) is 17.1 Å². The second-order valence-corrected chi connectivity index (χ2v) is 5.87. The van der Waals surface area contributed by atoms with Crippen molar-refractivity contribution in [2.24, 2.45) is 11.3 Å². The molecule has 2 aliphatic rings. The van der Waals surface area contributed by atoms with Gasteiger partial charge in [0.2, 0.25) is 0 Å². The number of hydrogen-bond acceptors (Lipinski definition) is 1. The van der Waals surface area contributed by atoms with Crippen molar-refractivity contribution < 1.29 is 4.79 Å². The van der Waals surface area contributed by atoms with Crippen LogP contribution in [0.25, 0.3) is 0 Å². The van der Waals surface area contributed by atoms with E-state index in [1.54, 1.807) is 0 Å². The summed E-state index contributed by atoms with van der Waals surface area (Å²) in [5.41, 5.74) is 4.08. The molecule has 1 saturated carbocycles. The van der Waals surface area contributed by atoms with Crippen LogP contribution in [0.1, 0.15) is 52.9 Å². The van der Waals surface area contributed by atoms with Gasteiger partial charge in [0.1, 0.15) is 0 Å². The Bertz CT molecular complexity index is 375. The Morgan fingerprint density at radius 1 is 1.44 bits per heavy atom. The van der Waals surface area contributed by atoms with Crippen LogP contribution < -0.4 is 0 Å². The molecule has 2 atom stereocenters. The first-order valence-electron chi connectivity index (χ1n) is 6.33. The maximum Gasteiger partial charge on any atom is 0.158 e. The summed E-state index contributed by atoms with van der Waals surface area (Å²) in [6, 6.07) is 0. The molecule has 0 bridgehead atoms. The number of ketones is 1. The molecule has 16 heavy (non-hydrogen) atoms. The van der Waals surface area contributed by atoms with Gasteiger partial charge in [0.15, 0.2) is 5.78 Å². The minimum Gasteiger partial charge on any atom is -0.295 e. The SMILES string of the molecule is C=C(C)C1CCC2(C)CCC(=O)C(C)=C2C1. The van der Waals surface area contributed by atoms with Crippen molar-refractivity contribution in [2.75, 3.05) is 0 Å². The van der Waals surface area contributed by atoms with Crippen molar-refractivity contribution >= 4 is 5.78 Å². The van der Waals surface area contributed by atoms with Gasteiger partial charge in [0.25, 0.3) is 0 Å². The van der Waals surface area contributed by atoms with Gasteiger partial charge in [-0.1, -0.05) is 24.6 Å². The maximum absolute atomic E-state index is 11.8. The third-order valence-corrected chi connectivity index (χ3v) is 4.70. The lowest BCUT2D eigenvalue weighted by molar-refractivity contribution is -0.117. The zero-order valence-corrected chi connectivity index (χ0v) is 10.7. The average molecular weight is 218 g/mol. The highest BCUT2D eigenvalue weighted by atomic mass is 16.1. The number of fused-ring (bicyclic) bond motifs is 1. The van der Waals surface area contributed by atoms with Gasteiger partial charge in [0, 0.05) is 6.42 Å². The molecule has 0 aromatic rings. The van der Waals surface area contributed by atoms with Crippen LogP contribution in [0.3, 0.4) is 0 Å². The molecule has 0 heterocycles. The van der Waals surface area contributed by atoms with Crippen molar-refractivity contribution in [3.05, 3.63) is 23.3 Å². The van der Waals surface area contributed by atoms with E-state index in [0.717, 1.165) is 24.8 Å². The predicted octanol–water partition coefficient (Wildman–Crippen LogP) is 4.05. The zero-order valence-electron chi connectivity index (χ0n) is 10.7. The Kier molecular flexibility index (Phi) is 2.81. The summed E-state index contributed by atoms with van der Waals surface area (Å²) >= 11 is 0. The second-order valence-electron chi connectivity index (χ2n) is 5.87. The fraction of sp³-hybridized carbons (Fsp3) is 0.667. The number of carbonyl (C=O) groups is 1. The van der Waals surface area contributed by atoms with E-state index in [0.29, 0.717) is 17.1 Å². The molecule has 1 fully saturated rings. The molecule has 2 unspecified atom stereocenters. The monoisotopic (exact) mass is 218 g/mol. The summed E-state index contributed by atoms with van der Waals surface area (Å²) in [6.07, 6.45) is 5.36. The summed E-state index contributed by atoms with van der Waals surface area (Å²) in [5.74, 6) is 0.971. The Hall–Kier alpha value is -0.850. The van der Waals surface area contributed by atoms with Gasteiger partial charge in [-0.25, -0.2) is 0 Å². The largest absolute Gasteiger partial charge is 0.295 e. The normalized spacial score (nSPS) is 34.9. The van der Waals surface area contributed by atoms with Crippen molar-refractivity contribution in [2.45, 2.75) is 52.9 Å². The average Bonchev–Trinajstić information content (AvgIpc) is 2.24. The number of Topliss-reactive ketones (excluding diaryl/α,β-unsaturated/α-hetero) is 1. The first-order valence-corrected chi connectivity index (χ1v) is 6.33. The minimum absolute atomic E-state index is 0.309. The Labute approximate surface area is 98.6 Å². The second kappa shape index (κ2) is 3.87. The molecule has 0 aromatic carbocycles. The number of hydrogen-bond donors (Lipinski definition) is 0. The molecule has 88 valence electrons. The van der Waals surface area contributed by atoms with Crippen LogP contribution in [0.5, 0.6) is 0 Å². The lowest BCUT2D eigenvalue weighted by Crippen LogP contribution is -2.33. The van der Waals surface area contributed by atoms with Crippen LogP contribution >= 0.6 is 0 Å². The van der Waals surface area contributed by atoms with E-state index in [2.05, 4.69) is 20.4 Å². The van der Waals surface area contributed by atoms with Crippen molar-refractivity contribution in [3.8, 4) is 0 Å². The van der Waals surface area contributed by atoms with Gasteiger partial charge in [0.05, 0.1) is 0 Å². The summed E-state index contributed by atoms with van der Waals surface area (Å²) in [4.78, 5) is 11.8. The fourth-order valence-electron chi connectivity index (χ4n) is 3.29. The van der Waals surface area contributed by atoms with Crippen molar-refractivity contribution in [1.29, 1.82) is 0 Å². The van der Waals surface area contributed by atoms with Crippen LogP contribution in [-0.4, -0.2) is 5.78 Å². The molecule has 0 aromatic heterocycles. The number of carbonyl (C=O) groups excluding carboxylic acids is 1. The van der Waals surface area contributed by atoms with Crippen LogP contribution in [0, 0.1) is 11.3 Å². The van der Waals surface area contributed by atoms with E-state index in [9.17, 15) is 4.79 Å². The Morgan fingerprint density at radius 2 is 2.12 bits per heavy atom. The van der Waals surface area contributed by atoms with Crippen LogP contribution in [0.15, 0.2) is 23.3 Å². The molecule has 2 aliphatic carbocycles. The standard InChI is InChI=1S/C15H22O/c1-10(2)12-5-7-15(4)8-6-14(16)11(3)13(15)9-12/h12H,1,5-9H2,2-4H3. The molecule has 0 amide bonds. The lowest BCUT2D eigenvalue weighted by Gasteiger charge is -2.43. The number of allylic oxidation sites excluding steroid dienone is 3. The third-order valence-electron chi connectivity index (χ3n) is 4.70. The van der Waals surface area contributed by atoms with Crippen LogP contribution in [0.2, 0.25) is 0 Å². The molecule has 1 heteroatoms. The van der Waals surface area contributed by atoms with Gasteiger partial charge >= 0.3 is 0 Å². The van der Waals surface area contributed by atoms with Gasteiger partial charge < -0.3 is 0 Å². The minimum atomic E-state index is 0.309. The third kappa shape index (κ3) is 1.77. The maximum atomic E-state index is 11.8. The van der Waals surface area contributed by atoms with E-state index >= 15 is 0 Å². The molecular weight excluding hydrogens is 196 g/mol. The van der Waals surface area contributed by atoms with Gasteiger partial charge in [-0.3, -0.25) is 4.79 Å². The molecule has 1 nitrogen and oxygen atoms in total. The smallest absolute Gasteiger partial charge is 0.158 e. The summed E-state index contributed by atoms with van der Waals surface area (Å²) < 4.78 is 0. The van der Waals surface area contributed by atoms with Gasteiger partial charge in [-0.2, -0.15) is 0 Å². The fourth-order valence-corrected chi connectivity index (χ4v) is 3.29. The molecule has 0 radical (unpaired) electrons. The van der Waals surface area contributed by atoms with Crippen molar-refractivity contribution in [1.82, 2.24) is 0 Å². The molecule has 2 rings (SSSR count). The number of rotatable bonds is 1.